The normalized spacial score (nSPS) is 11.7. The van der Waals surface area contributed by atoms with Gasteiger partial charge in [-0.05, 0) is 35.4 Å². The van der Waals surface area contributed by atoms with Gasteiger partial charge in [-0.1, -0.05) is 30.3 Å². The van der Waals surface area contributed by atoms with Crippen LogP contribution in [0.1, 0.15) is 16.2 Å². The van der Waals surface area contributed by atoms with Crippen LogP contribution in [0.4, 0.5) is 13.2 Å². The molecule has 3 aromatic heterocycles. The zero-order chi connectivity index (χ0) is 19.9. The first-order valence-electron chi connectivity index (χ1n) is 8.25. The number of rotatable bonds is 3. The Labute approximate surface area is 157 Å². The van der Waals surface area contributed by atoms with E-state index < -0.39 is 17.8 Å². The van der Waals surface area contributed by atoms with E-state index in [1.165, 1.54) is 18.3 Å². The molecule has 0 fully saturated rings. The number of benzene rings is 1. The Kier molecular flexibility index (Phi) is 4.11. The zero-order valence-electron chi connectivity index (χ0n) is 14.3. The first kappa shape index (κ1) is 17.7. The maximum atomic E-state index is 13.0. The van der Waals surface area contributed by atoms with Crippen molar-refractivity contribution in [3.63, 3.8) is 0 Å². The summed E-state index contributed by atoms with van der Waals surface area (Å²) in [4.78, 5) is 19.5. The molecular weight excluding hydrogens is 369 g/mol. The van der Waals surface area contributed by atoms with Gasteiger partial charge in [0.1, 0.15) is 17.0 Å². The number of hydrogen-bond donors (Lipinski definition) is 1. The first-order chi connectivity index (χ1) is 13.3. The third-order valence-electron chi connectivity index (χ3n) is 4.31. The number of aromatic nitrogens is 3. The van der Waals surface area contributed by atoms with Crippen molar-refractivity contribution in [2.75, 3.05) is 0 Å². The van der Waals surface area contributed by atoms with Crippen molar-refractivity contribution in [2.45, 2.75) is 6.18 Å². The van der Waals surface area contributed by atoms with E-state index in [0.29, 0.717) is 22.3 Å². The maximum Gasteiger partial charge on any atom is 0.433 e. The van der Waals surface area contributed by atoms with Crippen LogP contribution < -0.4 is 5.73 Å². The van der Waals surface area contributed by atoms with Crippen molar-refractivity contribution in [3.05, 3.63) is 78.4 Å². The van der Waals surface area contributed by atoms with Crippen LogP contribution in [0, 0.1) is 0 Å². The van der Waals surface area contributed by atoms with Crippen LogP contribution in [-0.4, -0.2) is 20.3 Å². The summed E-state index contributed by atoms with van der Waals surface area (Å²) in [6, 6.07) is 14.3. The van der Waals surface area contributed by atoms with Gasteiger partial charge in [-0.2, -0.15) is 13.2 Å². The van der Waals surface area contributed by atoms with Gasteiger partial charge in [-0.25, -0.2) is 9.97 Å². The van der Waals surface area contributed by atoms with Gasteiger partial charge in [0.25, 0.3) is 5.91 Å². The molecule has 0 atom stereocenters. The van der Waals surface area contributed by atoms with Crippen LogP contribution in [0.2, 0.25) is 0 Å². The number of nitrogens with zero attached hydrogens (tertiary/aromatic N) is 3. The van der Waals surface area contributed by atoms with E-state index in [4.69, 9.17) is 5.73 Å². The Morgan fingerprint density at radius 3 is 2.43 bits per heavy atom. The molecule has 0 saturated heterocycles. The lowest BCUT2D eigenvalue weighted by Gasteiger charge is -2.12. The Morgan fingerprint density at radius 2 is 1.71 bits per heavy atom. The van der Waals surface area contributed by atoms with Gasteiger partial charge in [-0.3, -0.25) is 9.20 Å². The molecule has 0 aliphatic rings. The Balaban J connectivity index is 1.89. The number of halogens is 3. The Hall–Kier alpha value is -3.68. The number of carbonyl (C=O) groups excluding carboxylic acids is 1. The lowest BCUT2D eigenvalue weighted by molar-refractivity contribution is -0.141. The molecule has 1 aromatic carbocycles. The molecule has 4 rings (SSSR count). The lowest BCUT2D eigenvalue weighted by Crippen LogP contribution is -2.13. The van der Waals surface area contributed by atoms with Gasteiger partial charge in [0.2, 0.25) is 0 Å². The maximum absolute atomic E-state index is 13.0. The standard InChI is InChI=1S/C20H13F3N4O/c21-20(22,23)17-7-3-6-15(26-17)14-5-2-1-4-13(14)12-8-9-18-25-10-16(19(24)28)27(18)11-12/h1-11H,(H2,24,28). The first-order valence-corrected chi connectivity index (χ1v) is 8.25. The highest BCUT2D eigenvalue weighted by Gasteiger charge is 2.32. The number of amides is 1. The van der Waals surface area contributed by atoms with E-state index in [1.54, 1.807) is 47.0 Å². The van der Waals surface area contributed by atoms with Crippen molar-refractivity contribution < 1.29 is 18.0 Å². The summed E-state index contributed by atoms with van der Waals surface area (Å²) in [6.07, 6.45) is -1.48. The zero-order valence-corrected chi connectivity index (χ0v) is 14.3. The number of primary amides is 1. The summed E-state index contributed by atoms with van der Waals surface area (Å²) >= 11 is 0. The van der Waals surface area contributed by atoms with Crippen LogP contribution in [0.5, 0.6) is 0 Å². The molecule has 140 valence electrons. The fraction of sp³-hybridized carbons (Fsp3) is 0.0500. The molecule has 0 radical (unpaired) electrons. The summed E-state index contributed by atoms with van der Waals surface area (Å²) in [5, 5.41) is 0. The van der Waals surface area contributed by atoms with Crippen LogP contribution in [0.25, 0.3) is 28.0 Å². The minimum atomic E-state index is -4.53. The fourth-order valence-electron chi connectivity index (χ4n) is 3.02. The summed E-state index contributed by atoms with van der Waals surface area (Å²) in [5.41, 5.74) is 7.25. The van der Waals surface area contributed by atoms with Gasteiger partial charge in [0, 0.05) is 11.8 Å². The predicted molar refractivity (Wildman–Crippen MR) is 97.4 cm³/mol. The third-order valence-corrected chi connectivity index (χ3v) is 4.31. The Morgan fingerprint density at radius 1 is 0.964 bits per heavy atom. The minimum Gasteiger partial charge on any atom is -0.364 e. The number of alkyl halides is 3. The van der Waals surface area contributed by atoms with Crippen LogP contribution in [0.15, 0.2) is 67.0 Å². The molecule has 2 N–H and O–H groups in total. The molecule has 5 nitrogen and oxygen atoms in total. The fourth-order valence-corrected chi connectivity index (χ4v) is 3.02. The third kappa shape index (κ3) is 3.09. The molecule has 0 bridgehead atoms. The van der Waals surface area contributed by atoms with Crippen molar-refractivity contribution in [3.8, 4) is 22.4 Å². The molecule has 3 heterocycles. The molecular formula is C20H13F3N4O. The summed E-state index contributed by atoms with van der Waals surface area (Å²) in [7, 11) is 0. The summed E-state index contributed by atoms with van der Waals surface area (Å²) in [5.74, 6) is -0.627. The number of nitrogens with two attached hydrogens (primary N) is 1. The van der Waals surface area contributed by atoms with Crippen molar-refractivity contribution in [1.82, 2.24) is 14.4 Å². The van der Waals surface area contributed by atoms with Crippen LogP contribution >= 0.6 is 0 Å². The van der Waals surface area contributed by atoms with E-state index in [1.807, 2.05) is 0 Å². The summed E-state index contributed by atoms with van der Waals surface area (Å²) in [6.45, 7) is 0. The van der Waals surface area contributed by atoms with Gasteiger partial charge in [0.15, 0.2) is 0 Å². The number of carbonyl (C=O) groups is 1. The van der Waals surface area contributed by atoms with Gasteiger partial charge in [0.05, 0.1) is 11.9 Å². The van der Waals surface area contributed by atoms with E-state index >= 15 is 0 Å². The van der Waals surface area contributed by atoms with Gasteiger partial charge >= 0.3 is 6.18 Å². The van der Waals surface area contributed by atoms with Crippen molar-refractivity contribution in [2.24, 2.45) is 5.73 Å². The van der Waals surface area contributed by atoms with E-state index in [2.05, 4.69) is 9.97 Å². The average Bonchev–Trinajstić information content (AvgIpc) is 3.11. The van der Waals surface area contributed by atoms with E-state index in [9.17, 15) is 18.0 Å². The smallest absolute Gasteiger partial charge is 0.364 e. The molecule has 1 amide bonds. The highest BCUT2D eigenvalue weighted by atomic mass is 19.4. The van der Waals surface area contributed by atoms with Crippen LogP contribution in [0.3, 0.4) is 0 Å². The van der Waals surface area contributed by atoms with Crippen molar-refractivity contribution >= 4 is 11.6 Å². The van der Waals surface area contributed by atoms with Crippen molar-refractivity contribution in [1.29, 1.82) is 0 Å². The Bertz CT molecular complexity index is 1200. The SMILES string of the molecule is NC(=O)c1cnc2ccc(-c3ccccc3-c3cccc(C(F)(F)F)n3)cn12. The molecule has 0 unspecified atom stereocenters. The topological polar surface area (TPSA) is 73.3 Å². The highest BCUT2D eigenvalue weighted by Crippen LogP contribution is 2.34. The molecule has 0 aliphatic carbocycles. The number of fused-ring (bicyclic) bond motifs is 1. The highest BCUT2D eigenvalue weighted by molar-refractivity contribution is 5.92. The molecule has 0 spiro atoms. The molecule has 8 heteroatoms. The van der Waals surface area contributed by atoms with Gasteiger partial charge < -0.3 is 5.73 Å². The van der Waals surface area contributed by atoms with Crippen LogP contribution in [-0.2, 0) is 6.18 Å². The van der Waals surface area contributed by atoms with E-state index in [0.717, 1.165) is 6.07 Å². The molecule has 4 aromatic rings. The lowest BCUT2D eigenvalue weighted by atomic mass is 9.98. The predicted octanol–water partition coefficient (Wildman–Crippen LogP) is 4.18. The molecule has 0 aliphatic heterocycles. The molecule has 0 saturated carbocycles. The monoisotopic (exact) mass is 382 g/mol. The second-order valence-electron chi connectivity index (χ2n) is 6.11. The second-order valence-corrected chi connectivity index (χ2v) is 6.11. The largest absolute Gasteiger partial charge is 0.433 e. The molecule has 28 heavy (non-hydrogen) atoms. The number of pyridine rings is 2. The summed E-state index contributed by atoms with van der Waals surface area (Å²) < 4.78 is 40.7. The quantitative estimate of drug-likeness (QED) is 0.578. The van der Waals surface area contributed by atoms with Gasteiger partial charge in [-0.15, -0.1) is 0 Å². The minimum absolute atomic E-state index is 0.200. The van der Waals surface area contributed by atoms with E-state index in [-0.39, 0.29) is 11.4 Å². The number of imidazole rings is 1. The second kappa shape index (κ2) is 6.49. The average molecular weight is 382 g/mol. The number of hydrogen-bond acceptors (Lipinski definition) is 3.